The van der Waals surface area contributed by atoms with Crippen molar-refractivity contribution in [2.24, 2.45) is 0 Å². The molecular formula is C32H40F2N6O5S. The molecule has 0 atom stereocenters. The SMILES string of the molecule is CN1CCC(Oc2ccc(C(=O)Nc3n[nH]c4c3CN(S(=O)(=O)c3cc(F)cc(F)c3)CC4(C)C)c(NC3CCOCC3)c2)CC1. The summed E-state index contributed by atoms with van der Waals surface area (Å²) in [6.07, 6.45) is 3.52. The number of aromatic nitrogens is 2. The van der Waals surface area contributed by atoms with Crippen LogP contribution in [0.5, 0.6) is 5.75 Å². The zero-order chi connectivity index (χ0) is 32.6. The Morgan fingerprint density at radius 1 is 1.07 bits per heavy atom. The highest BCUT2D eigenvalue weighted by Crippen LogP contribution is 2.38. The number of aromatic amines is 1. The molecule has 0 saturated carbocycles. The summed E-state index contributed by atoms with van der Waals surface area (Å²) in [6.45, 7) is 6.73. The largest absolute Gasteiger partial charge is 0.490 e. The van der Waals surface area contributed by atoms with E-state index in [4.69, 9.17) is 9.47 Å². The van der Waals surface area contributed by atoms with E-state index >= 15 is 0 Å². The summed E-state index contributed by atoms with van der Waals surface area (Å²) in [4.78, 5) is 15.6. The molecule has 2 fully saturated rings. The molecule has 14 heteroatoms. The van der Waals surface area contributed by atoms with Crippen molar-refractivity contribution in [1.29, 1.82) is 0 Å². The van der Waals surface area contributed by atoms with E-state index in [0.29, 0.717) is 47.5 Å². The lowest BCUT2D eigenvalue weighted by atomic mass is 9.84. The van der Waals surface area contributed by atoms with E-state index in [9.17, 15) is 22.0 Å². The van der Waals surface area contributed by atoms with Crippen molar-refractivity contribution >= 4 is 27.4 Å². The quantitative estimate of drug-likeness (QED) is 0.323. The van der Waals surface area contributed by atoms with Crippen LogP contribution < -0.4 is 15.4 Å². The maximum atomic E-state index is 14.0. The summed E-state index contributed by atoms with van der Waals surface area (Å²) in [5.41, 5.74) is 1.41. The number of nitrogens with zero attached hydrogens (tertiary/aromatic N) is 3. The first-order valence-electron chi connectivity index (χ1n) is 15.6. The van der Waals surface area contributed by atoms with Crippen molar-refractivity contribution in [3.05, 3.63) is 64.9 Å². The second kappa shape index (κ2) is 12.9. The summed E-state index contributed by atoms with van der Waals surface area (Å²) in [6, 6.07) is 7.71. The van der Waals surface area contributed by atoms with Gasteiger partial charge >= 0.3 is 0 Å². The number of halogens is 2. The average molecular weight is 659 g/mol. The summed E-state index contributed by atoms with van der Waals surface area (Å²) < 4.78 is 68.0. The highest BCUT2D eigenvalue weighted by molar-refractivity contribution is 7.89. The number of carbonyl (C=O) groups excluding carboxylic acids is 1. The van der Waals surface area contributed by atoms with E-state index in [2.05, 4.69) is 32.8 Å². The first-order valence-corrected chi connectivity index (χ1v) is 17.0. The molecule has 46 heavy (non-hydrogen) atoms. The van der Waals surface area contributed by atoms with Gasteiger partial charge in [0.25, 0.3) is 5.91 Å². The third-order valence-electron chi connectivity index (χ3n) is 8.94. The molecule has 6 rings (SSSR count). The smallest absolute Gasteiger partial charge is 0.258 e. The third kappa shape index (κ3) is 6.89. The Labute approximate surface area is 267 Å². The van der Waals surface area contributed by atoms with Crippen molar-refractivity contribution in [2.75, 3.05) is 50.5 Å². The van der Waals surface area contributed by atoms with Crippen LogP contribution in [0.4, 0.5) is 20.3 Å². The second-order valence-electron chi connectivity index (χ2n) is 13.0. The molecular weight excluding hydrogens is 618 g/mol. The number of nitrogens with one attached hydrogen (secondary N) is 3. The van der Waals surface area contributed by atoms with Crippen LogP contribution >= 0.6 is 0 Å². The number of hydrogen-bond donors (Lipinski definition) is 3. The molecule has 1 aromatic heterocycles. The summed E-state index contributed by atoms with van der Waals surface area (Å²) in [5, 5.41) is 13.7. The summed E-state index contributed by atoms with van der Waals surface area (Å²) in [7, 11) is -2.18. The predicted molar refractivity (Wildman–Crippen MR) is 169 cm³/mol. The van der Waals surface area contributed by atoms with Crippen LogP contribution in [0.15, 0.2) is 41.3 Å². The molecule has 2 saturated heterocycles. The minimum Gasteiger partial charge on any atom is -0.490 e. The number of ether oxygens (including phenoxy) is 2. The molecule has 0 bridgehead atoms. The van der Waals surface area contributed by atoms with Crippen molar-refractivity contribution in [3.63, 3.8) is 0 Å². The molecule has 0 aliphatic carbocycles. The van der Waals surface area contributed by atoms with Gasteiger partial charge in [-0.3, -0.25) is 9.89 Å². The molecule has 3 aromatic rings. The number of anilines is 2. The van der Waals surface area contributed by atoms with Gasteiger partial charge in [-0.25, -0.2) is 17.2 Å². The second-order valence-corrected chi connectivity index (χ2v) is 14.9. The van der Waals surface area contributed by atoms with E-state index in [1.807, 2.05) is 19.9 Å². The molecule has 3 aliphatic rings. The van der Waals surface area contributed by atoms with E-state index in [1.54, 1.807) is 12.1 Å². The predicted octanol–water partition coefficient (Wildman–Crippen LogP) is 4.49. The van der Waals surface area contributed by atoms with Crippen molar-refractivity contribution in [3.8, 4) is 5.75 Å². The normalized spacial score (nSPS) is 19.8. The highest BCUT2D eigenvalue weighted by Gasteiger charge is 2.41. The molecule has 4 heterocycles. The van der Waals surface area contributed by atoms with Gasteiger partial charge in [0.2, 0.25) is 10.0 Å². The van der Waals surface area contributed by atoms with Crippen LogP contribution in [0.2, 0.25) is 0 Å². The Balaban J connectivity index is 1.26. The van der Waals surface area contributed by atoms with Gasteiger partial charge in [-0.2, -0.15) is 9.40 Å². The number of piperidine rings is 1. The van der Waals surface area contributed by atoms with Gasteiger partial charge in [0.05, 0.1) is 16.1 Å². The van der Waals surface area contributed by atoms with Gasteiger partial charge in [0.15, 0.2) is 5.82 Å². The first kappa shape index (κ1) is 32.4. The van der Waals surface area contributed by atoms with E-state index in [0.717, 1.165) is 55.2 Å². The monoisotopic (exact) mass is 658 g/mol. The third-order valence-corrected chi connectivity index (χ3v) is 10.7. The van der Waals surface area contributed by atoms with E-state index in [-0.39, 0.29) is 31.1 Å². The Morgan fingerprint density at radius 2 is 1.76 bits per heavy atom. The van der Waals surface area contributed by atoms with Crippen LogP contribution in [0.25, 0.3) is 0 Å². The highest BCUT2D eigenvalue weighted by atomic mass is 32.2. The Hall–Kier alpha value is -3.59. The Bertz CT molecular complexity index is 1680. The lowest BCUT2D eigenvalue weighted by molar-refractivity contribution is 0.0904. The van der Waals surface area contributed by atoms with Gasteiger partial charge in [-0.05, 0) is 57.0 Å². The number of carbonyl (C=O) groups is 1. The molecule has 11 nitrogen and oxygen atoms in total. The summed E-state index contributed by atoms with van der Waals surface area (Å²) in [5.74, 6) is -1.55. The van der Waals surface area contributed by atoms with E-state index < -0.39 is 37.9 Å². The fraction of sp³-hybridized carbons (Fsp3) is 0.500. The molecule has 1 amide bonds. The van der Waals surface area contributed by atoms with Crippen LogP contribution in [-0.4, -0.2) is 85.8 Å². The minimum atomic E-state index is -4.28. The van der Waals surface area contributed by atoms with Gasteiger partial charge < -0.3 is 25.0 Å². The number of H-pyrrole nitrogens is 1. The van der Waals surface area contributed by atoms with Gasteiger partial charge in [0.1, 0.15) is 23.5 Å². The fourth-order valence-corrected chi connectivity index (χ4v) is 7.99. The number of amides is 1. The molecule has 0 radical (unpaired) electrons. The van der Waals surface area contributed by atoms with Crippen molar-refractivity contribution in [1.82, 2.24) is 19.4 Å². The maximum Gasteiger partial charge on any atom is 0.258 e. The molecule has 0 unspecified atom stereocenters. The molecule has 2 aromatic carbocycles. The molecule has 3 N–H and O–H groups in total. The fourth-order valence-electron chi connectivity index (χ4n) is 6.38. The van der Waals surface area contributed by atoms with Crippen LogP contribution in [-0.2, 0) is 26.7 Å². The summed E-state index contributed by atoms with van der Waals surface area (Å²) >= 11 is 0. The zero-order valence-electron chi connectivity index (χ0n) is 26.2. The van der Waals surface area contributed by atoms with Gasteiger partial charge in [0, 0.05) is 74.2 Å². The van der Waals surface area contributed by atoms with Crippen LogP contribution in [0, 0.1) is 11.6 Å². The maximum absolute atomic E-state index is 14.0. The Morgan fingerprint density at radius 3 is 2.46 bits per heavy atom. The topological polar surface area (TPSA) is 129 Å². The van der Waals surface area contributed by atoms with E-state index in [1.165, 1.54) is 0 Å². The van der Waals surface area contributed by atoms with Crippen molar-refractivity contribution in [2.45, 2.75) is 68.5 Å². The number of hydrogen-bond acceptors (Lipinski definition) is 8. The lowest BCUT2D eigenvalue weighted by Crippen LogP contribution is -2.45. The van der Waals surface area contributed by atoms with Gasteiger partial charge in [-0.15, -0.1) is 0 Å². The number of rotatable bonds is 8. The zero-order valence-corrected chi connectivity index (χ0v) is 27.1. The molecule has 0 spiro atoms. The minimum absolute atomic E-state index is 0.0357. The number of fused-ring (bicyclic) bond motifs is 1. The first-order chi connectivity index (χ1) is 21.9. The number of benzene rings is 2. The number of likely N-dealkylation sites (tertiary alicyclic amines) is 1. The van der Waals surface area contributed by atoms with Crippen LogP contribution in [0.3, 0.4) is 0 Å². The lowest BCUT2D eigenvalue weighted by Gasteiger charge is -2.36. The average Bonchev–Trinajstić information content (AvgIpc) is 3.41. The molecule has 3 aliphatic heterocycles. The number of sulfonamides is 1. The van der Waals surface area contributed by atoms with Crippen LogP contribution in [0.1, 0.15) is 61.1 Å². The van der Waals surface area contributed by atoms with Gasteiger partial charge in [-0.1, -0.05) is 13.8 Å². The standard InChI is InChI=1S/C32H40F2N6O5S/c1-32(2)19-40(46(42,43)25-15-20(33)14-21(34)16-25)18-27-29(32)37-38-30(27)36-31(41)26-5-4-24(45-23-6-10-39(3)11-7-23)17-28(26)35-22-8-12-44-13-9-22/h4-5,14-17,22-23,35H,6-13,18-19H2,1-3H3,(H2,36,37,38,41). The van der Waals surface area contributed by atoms with Crippen molar-refractivity contribution < 1.29 is 31.5 Å². The Kier molecular flexibility index (Phi) is 9.07. The molecule has 248 valence electrons.